The summed E-state index contributed by atoms with van der Waals surface area (Å²) >= 11 is 9.05. The molecule has 0 aromatic carbocycles. The number of carbonyl (C=O) groups excluding carboxylic acids is 1. The van der Waals surface area contributed by atoms with E-state index in [0.717, 1.165) is 0 Å². The van der Waals surface area contributed by atoms with E-state index >= 15 is 0 Å². The van der Waals surface area contributed by atoms with Crippen molar-refractivity contribution >= 4 is 39.4 Å². The fourth-order valence-electron chi connectivity index (χ4n) is 1.47. The number of hydrogen-bond acceptors (Lipinski definition) is 5. The van der Waals surface area contributed by atoms with E-state index in [0.29, 0.717) is 4.47 Å². The maximum atomic E-state index is 11.9. The molecule has 2 N–H and O–H groups in total. The molecule has 10 heteroatoms. The number of rotatable bonds is 5. The van der Waals surface area contributed by atoms with E-state index in [9.17, 15) is 9.59 Å². The SMILES string of the molecule is O=C(O)c1cn(CCNC(=O)c2cc(Br)cnc2Cl)nn1. The number of nitrogens with one attached hydrogen (secondary N) is 1. The second-order valence-corrected chi connectivity index (χ2v) is 5.19. The minimum Gasteiger partial charge on any atom is -0.476 e. The fourth-order valence-corrected chi connectivity index (χ4v) is 1.99. The lowest BCUT2D eigenvalue weighted by molar-refractivity contribution is 0.0690. The van der Waals surface area contributed by atoms with E-state index in [-0.39, 0.29) is 35.4 Å². The number of hydrogen-bond donors (Lipinski definition) is 2. The van der Waals surface area contributed by atoms with Gasteiger partial charge in [-0.15, -0.1) is 5.10 Å². The van der Waals surface area contributed by atoms with Gasteiger partial charge in [-0.05, 0) is 22.0 Å². The first-order valence-electron chi connectivity index (χ1n) is 5.70. The number of aromatic nitrogens is 4. The molecule has 0 radical (unpaired) electrons. The Morgan fingerprint density at radius 2 is 2.24 bits per heavy atom. The van der Waals surface area contributed by atoms with Crippen LogP contribution >= 0.6 is 27.5 Å². The summed E-state index contributed by atoms with van der Waals surface area (Å²) in [6, 6.07) is 1.56. The van der Waals surface area contributed by atoms with Crippen LogP contribution in [0.2, 0.25) is 5.15 Å². The molecular weight excluding hydrogens is 366 g/mol. The standard InChI is InChI=1S/C11H9BrClN5O3/c12-6-3-7(9(13)15-4-6)10(19)14-1-2-18-5-8(11(20)21)16-17-18/h3-5H,1-2H2,(H,14,19)(H,20,21). The number of carbonyl (C=O) groups is 2. The molecule has 0 saturated carbocycles. The van der Waals surface area contributed by atoms with E-state index in [1.165, 1.54) is 17.1 Å². The summed E-state index contributed by atoms with van der Waals surface area (Å²) in [4.78, 5) is 26.4. The van der Waals surface area contributed by atoms with Crippen molar-refractivity contribution < 1.29 is 14.7 Å². The zero-order valence-corrected chi connectivity index (χ0v) is 12.8. The molecule has 0 aliphatic carbocycles. The number of carboxylic acid groups (broad SMARTS) is 1. The molecule has 2 aromatic rings. The Hall–Kier alpha value is -2.00. The third-order valence-corrected chi connectivity index (χ3v) is 3.17. The van der Waals surface area contributed by atoms with Gasteiger partial charge < -0.3 is 10.4 Å². The highest BCUT2D eigenvalue weighted by molar-refractivity contribution is 9.10. The van der Waals surface area contributed by atoms with E-state index in [4.69, 9.17) is 16.7 Å². The summed E-state index contributed by atoms with van der Waals surface area (Å²) in [5, 5.41) is 18.5. The lowest BCUT2D eigenvalue weighted by Gasteiger charge is -2.06. The van der Waals surface area contributed by atoms with E-state index in [2.05, 4.69) is 36.5 Å². The van der Waals surface area contributed by atoms with Crippen molar-refractivity contribution in [1.82, 2.24) is 25.3 Å². The van der Waals surface area contributed by atoms with Gasteiger partial charge in [-0.1, -0.05) is 16.8 Å². The largest absolute Gasteiger partial charge is 0.476 e. The third kappa shape index (κ3) is 3.99. The molecule has 2 aromatic heterocycles. The normalized spacial score (nSPS) is 10.4. The molecular formula is C11H9BrClN5O3. The number of aromatic carboxylic acids is 1. The molecule has 2 heterocycles. The summed E-state index contributed by atoms with van der Waals surface area (Å²) in [6.07, 6.45) is 2.77. The van der Waals surface area contributed by atoms with Crippen LogP contribution in [0.3, 0.4) is 0 Å². The molecule has 8 nitrogen and oxygen atoms in total. The summed E-state index contributed by atoms with van der Waals surface area (Å²) in [7, 11) is 0. The molecule has 2 rings (SSSR count). The molecule has 0 saturated heterocycles. The van der Waals surface area contributed by atoms with Crippen LogP contribution in [0.15, 0.2) is 22.9 Å². The molecule has 0 aliphatic rings. The zero-order chi connectivity index (χ0) is 15.4. The Kier molecular flexibility index (Phi) is 4.86. The first-order valence-corrected chi connectivity index (χ1v) is 6.87. The van der Waals surface area contributed by atoms with Gasteiger partial charge in [0.1, 0.15) is 5.15 Å². The molecule has 0 unspecified atom stereocenters. The first-order chi connectivity index (χ1) is 9.97. The van der Waals surface area contributed by atoms with Crippen LogP contribution in [0, 0.1) is 0 Å². The summed E-state index contributed by atoms with van der Waals surface area (Å²) < 4.78 is 1.96. The van der Waals surface area contributed by atoms with Gasteiger partial charge in [-0.25, -0.2) is 14.5 Å². The number of nitrogens with zero attached hydrogens (tertiary/aromatic N) is 4. The number of amides is 1. The van der Waals surface area contributed by atoms with Gasteiger partial charge in [-0.2, -0.15) is 0 Å². The van der Waals surface area contributed by atoms with Gasteiger partial charge in [0.25, 0.3) is 5.91 Å². The van der Waals surface area contributed by atoms with Crippen LogP contribution in [0.5, 0.6) is 0 Å². The van der Waals surface area contributed by atoms with E-state index in [1.54, 1.807) is 6.07 Å². The minimum atomic E-state index is -1.16. The Morgan fingerprint density at radius 1 is 1.48 bits per heavy atom. The molecule has 0 atom stereocenters. The van der Waals surface area contributed by atoms with Gasteiger partial charge in [-0.3, -0.25) is 4.79 Å². The van der Waals surface area contributed by atoms with E-state index < -0.39 is 5.97 Å². The van der Waals surface area contributed by atoms with Crippen molar-refractivity contribution in [3.8, 4) is 0 Å². The van der Waals surface area contributed by atoms with Crippen molar-refractivity contribution in [2.24, 2.45) is 0 Å². The van der Waals surface area contributed by atoms with Gasteiger partial charge in [0.2, 0.25) is 0 Å². The molecule has 110 valence electrons. The monoisotopic (exact) mass is 373 g/mol. The predicted octanol–water partition coefficient (Wildman–Crippen LogP) is 1.22. The maximum absolute atomic E-state index is 11.9. The van der Waals surface area contributed by atoms with Crippen LogP contribution < -0.4 is 5.32 Å². The maximum Gasteiger partial charge on any atom is 0.358 e. The van der Waals surface area contributed by atoms with Gasteiger partial charge >= 0.3 is 5.97 Å². The average Bonchev–Trinajstić information content (AvgIpc) is 2.90. The topological polar surface area (TPSA) is 110 Å². The zero-order valence-electron chi connectivity index (χ0n) is 10.5. The Balaban J connectivity index is 1.92. The molecule has 0 aliphatic heterocycles. The quantitative estimate of drug-likeness (QED) is 0.761. The van der Waals surface area contributed by atoms with Crippen LogP contribution in [0.25, 0.3) is 0 Å². The van der Waals surface area contributed by atoms with Crippen LogP contribution in [0.1, 0.15) is 20.8 Å². The van der Waals surface area contributed by atoms with Crippen molar-refractivity contribution in [1.29, 1.82) is 0 Å². The molecule has 21 heavy (non-hydrogen) atoms. The van der Waals surface area contributed by atoms with E-state index in [1.807, 2.05) is 0 Å². The number of halogens is 2. The van der Waals surface area contributed by atoms with Gasteiger partial charge in [0.05, 0.1) is 18.3 Å². The molecule has 0 fully saturated rings. The van der Waals surface area contributed by atoms with Crippen molar-refractivity contribution in [3.05, 3.63) is 39.3 Å². The summed E-state index contributed by atoms with van der Waals surface area (Å²) in [5.74, 6) is -1.54. The summed E-state index contributed by atoms with van der Waals surface area (Å²) in [5.41, 5.74) is 0.0939. The molecule has 1 amide bonds. The summed E-state index contributed by atoms with van der Waals surface area (Å²) in [6.45, 7) is 0.523. The lowest BCUT2D eigenvalue weighted by Crippen LogP contribution is -2.27. The predicted molar refractivity (Wildman–Crippen MR) is 76.3 cm³/mol. The second kappa shape index (κ2) is 6.64. The van der Waals surface area contributed by atoms with Crippen molar-refractivity contribution in [2.45, 2.75) is 6.54 Å². The highest BCUT2D eigenvalue weighted by atomic mass is 79.9. The Morgan fingerprint density at radius 3 is 2.90 bits per heavy atom. The fraction of sp³-hybridized carbons (Fsp3) is 0.182. The average molecular weight is 375 g/mol. The van der Waals surface area contributed by atoms with Crippen molar-refractivity contribution in [3.63, 3.8) is 0 Å². The van der Waals surface area contributed by atoms with Crippen LogP contribution in [-0.2, 0) is 6.54 Å². The number of pyridine rings is 1. The highest BCUT2D eigenvalue weighted by Crippen LogP contribution is 2.17. The highest BCUT2D eigenvalue weighted by Gasteiger charge is 2.12. The minimum absolute atomic E-state index is 0.101. The van der Waals surface area contributed by atoms with Gasteiger partial charge in [0.15, 0.2) is 5.69 Å². The third-order valence-electron chi connectivity index (χ3n) is 2.43. The molecule has 0 bridgehead atoms. The lowest BCUT2D eigenvalue weighted by atomic mass is 10.2. The van der Waals surface area contributed by atoms with Gasteiger partial charge in [0, 0.05) is 17.2 Å². The van der Waals surface area contributed by atoms with Crippen LogP contribution in [0.4, 0.5) is 0 Å². The second-order valence-electron chi connectivity index (χ2n) is 3.92. The Labute approximate surface area is 132 Å². The Bertz CT molecular complexity index is 690. The molecule has 0 spiro atoms. The number of carboxylic acids is 1. The van der Waals surface area contributed by atoms with Crippen LogP contribution in [-0.4, -0.2) is 43.5 Å². The van der Waals surface area contributed by atoms with Crippen molar-refractivity contribution in [2.75, 3.05) is 6.54 Å². The smallest absolute Gasteiger partial charge is 0.358 e. The first kappa shape index (κ1) is 15.4.